The van der Waals surface area contributed by atoms with Crippen LogP contribution in [0.1, 0.15) is 5.56 Å². The van der Waals surface area contributed by atoms with Gasteiger partial charge in [0.2, 0.25) is 5.91 Å². The van der Waals surface area contributed by atoms with Crippen molar-refractivity contribution in [2.45, 2.75) is 6.42 Å². The minimum absolute atomic E-state index is 0.0700. The highest BCUT2D eigenvalue weighted by Crippen LogP contribution is 2.28. The second kappa shape index (κ2) is 9.99. The van der Waals surface area contributed by atoms with Crippen molar-refractivity contribution in [2.75, 3.05) is 58.4 Å². The zero-order chi connectivity index (χ0) is 19.8. The summed E-state index contributed by atoms with van der Waals surface area (Å²) in [5, 5.41) is 3.02. The zero-order valence-corrected chi connectivity index (χ0v) is 16.7. The zero-order valence-electron chi connectivity index (χ0n) is 16.7. The molecule has 1 aliphatic heterocycles. The summed E-state index contributed by atoms with van der Waals surface area (Å²) >= 11 is 0. The van der Waals surface area contributed by atoms with Gasteiger partial charge in [0.25, 0.3) is 0 Å². The van der Waals surface area contributed by atoms with E-state index in [0.29, 0.717) is 13.1 Å². The van der Waals surface area contributed by atoms with E-state index in [0.717, 1.165) is 55.3 Å². The number of rotatable bonds is 8. The topological polar surface area (TPSA) is 54.0 Å². The molecule has 0 saturated carbocycles. The Hall–Kier alpha value is -2.73. The summed E-state index contributed by atoms with van der Waals surface area (Å²) in [5.74, 6) is 1.83. The average molecular weight is 383 g/mol. The molecule has 28 heavy (non-hydrogen) atoms. The summed E-state index contributed by atoms with van der Waals surface area (Å²) in [6.45, 7) is 4.53. The number of amides is 1. The molecule has 1 N–H and O–H groups in total. The van der Waals surface area contributed by atoms with Gasteiger partial charge in [0, 0.05) is 32.7 Å². The summed E-state index contributed by atoms with van der Waals surface area (Å²) in [6, 6.07) is 16.0. The average Bonchev–Trinajstić information content (AvgIpc) is 2.74. The molecule has 2 aromatic carbocycles. The van der Waals surface area contributed by atoms with Crippen LogP contribution in [0.3, 0.4) is 0 Å². The highest BCUT2D eigenvalue weighted by molar-refractivity contribution is 5.78. The summed E-state index contributed by atoms with van der Waals surface area (Å²) in [5.41, 5.74) is 2.22. The highest BCUT2D eigenvalue weighted by atomic mass is 16.5. The summed E-state index contributed by atoms with van der Waals surface area (Å²) in [6.07, 6.45) is 0.761. The minimum Gasteiger partial charge on any atom is -0.496 e. The molecule has 1 saturated heterocycles. The first kappa shape index (κ1) is 20.0. The number of hydrogen-bond donors (Lipinski definition) is 1. The van der Waals surface area contributed by atoms with Gasteiger partial charge in [-0.05, 0) is 30.2 Å². The number of piperazine rings is 1. The maximum atomic E-state index is 12.3. The molecule has 0 spiro atoms. The minimum atomic E-state index is 0.0700. The highest BCUT2D eigenvalue weighted by Gasteiger charge is 2.20. The lowest BCUT2D eigenvalue weighted by molar-refractivity contribution is -0.122. The summed E-state index contributed by atoms with van der Waals surface area (Å²) < 4.78 is 10.8. The van der Waals surface area contributed by atoms with Gasteiger partial charge in [0.05, 0.1) is 26.5 Å². The van der Waals surface area contributed by atoms with Crippen LogP contribution in [0.25, 0.3) is 0 Å². The fourth-order valence-corrected chi connectivity index (χ4v) is 3.54. The van der Waals surface area contributed by atoms with Crippen LogP contribution in [0.15, 0.2) is 48.5 Å². The van der Waals surface area contributed by atoms with E-state index in [1.54, 1.807) is 14.2 Å². The third-order valence-corrected chi connectivity index (χ3v) is 5.07. The molecule has 0 aromatic heterocycles. The molecule has 1 heterocycles. The van der Waals surface area contributed by atoms with E-state index >= 15 is 0 Å². The molecular weight excluding hydrogens is 354 g/mol. The Labute approximate surface area is 167 Å². The number of ether oxygens (including phenoxy) is 2. The van der Waals surface area contributed by atoms with E-state index in [1.165, 1.54) is 0 Å². The normalized spacial score (nSPS) is 14.6. The standard InChI is InChI=1S/C22H29N3O3/c1-27-20-9-5-3-7-18(20)11-12-23-22(26)17-24-13-15-25(16-14-24)19-8-4-6-10-21(19)28-2/h3-10H,11-17H2,1-2H3,(H,23,26). The van der Waals surface area contributed by atoms with Crippen molar-refractivity contribution in [3.8, 4) is 11.5 Å². The van der Waals surface area contributed by atoms with E-state index in [9.17, 15) is 4.79 Å². The van der Waals surface area contributed by atoms with Gasteiger partial charge in [-0.15, -0.1) is 0 Å². The molecule has 0 bridgehead atoms. The van der Waals surface area contributed by atoms with Gasteiger partial charge in [-0.1, -0.05) is 30.3 Å². The van der Waals surface area contributed by atoms with E-state index in [1.807, 2.05) is 42.5 Å². The number of nitrogens with one attached hydrogen (secondary N) is 1. The van der Waals surface area contributed by atoms with Crippen molar-refractivity contribution in [3.63, 3.8) is 0 Å². The molecule has 150 valence electrons. The number of anilines is 1. The van der Waals surface area contributed by atoms with Gasteiger partial charge < -0.3 is 19.7 Å². The Balaban J connectivity index is 1.41. The van der Waals surface area contributed by atoms with Crippen LogP contribution in [0.2, 0.25) is 0 Å². The number of hydrogen-bond acceptors (Lipinski definition) is 5. The molecule has 1 amide bonds. The third-order valence-electron chi connectivity index (χ3n) is 5.07. The van der Waals surface area contributed by atoms with Crippen LogP contribution in [0.4, 0.5) is 5.69 Å². The summed E-state index contributed by atoms with van der Waals surface area (Å²) in [7, 11) is 3.37. The quantitative estimate of drug-likeness (QED) is 0.757. The fraction of sp³-hybridized carbons (Fsp3) is 0.409. The predicted molar refractivity (Wildman–Crippen MR) is 111 cm³/mol. The number of carbonyl (C=O) groups excluding carboxylic acids is 1. The second-order valence-corrected chi connectivity index (χ2v) is 6.85. The Morgan fingerprint density at radius 2 is 1.57 bits per heavy atom. The van der Waals surface area contributed by atoms with Gasteiger partial charge >= 0.3 is 0 Å². The smallest absolute Gasteiger partial charge is 0.234 e. The van der Waals surface area contributed by atoms with Crippen molar-refractivity contribution < 1.29 is 14.3 Å². The maximum Gasteiger partial charge on any atom is 0.234 e. The summed E-state index contributed by atoms with van der Waals surface area (Å²) in [4.78, 5) is 16.8. The van der Waals surface area contributed by atoms with Crippen molar-refractivity contribution in [1.82, 2.24) is 10.2 Å². The number of para-hydroxylation sites is 3. The molecule has 3 rings (SSSR count). The molecular formula is C22H29N3O3. The van der Waals surface area contributed by atoms with Crippen molar-refractivity contribution in [2.24, 2.45) is 0 Å². The Bertz CT molecular complexity index is 773. The van der Waals surface area contributed by atoms with Crippen molar-refractivity contribution in [3.05, 3.63) is 54.1 Å². The van der Waals surface area contributed by atoms with E-state index in [4.69, 9.17) is 9.47 Å². The fourth-order valence-electron chi connectivity index (χ4n) is 3.54. The van der Waals surface area contributed by atoms with Crippen LogP contribution in [-0.4, -0.2) is 64.3 Å². The number of carbonyl (C=O) groups is 1. The lowest BCUT2D eigenvalue weighted by atomic mass is 10.1. The van der Waals surface area contributed by atoms with Crippen molar-refractivity contribution in [1.29, 1.82) is 0 Å². The van der Waals surface area contributed by atoms with Gasteiger partial charge in [-0.25, -0.2) is 0 Å². The van der Waals surface area contributed by atoms with E-state index in [2.05, 4.69) is 21.2 Å². The Morgan fingerprint density at radius 3 is 2.29 bits per heavy atom. The molecule has 0 radical (unpaired) electrons. The van der Waals surface area contributed by atoms with Crippen LogP contribution in [0.5, 0.6) is 11.5 Å². The Kier molecular flexibility index (Phi) is 7.14. The largest absolute Gasteiger partial charge is 0.496 e. The monoisotopic (exact) mass is 383 g/mol. The van der Waals surface area contributed by atoms with Gasteiger partial charge in [0.15, 0.2) is 0 Å². The SMILES string of the molecule is COc1ccccc1CCNC(=O)CN1CCN(c2ccccc2OC)CC1. The number of benzene rings is 2. The first-order valence-electron chi connectivity index (χ1n) is 9.70. The van der Waals surface area contributed by atoms with Gasteiger partial charge in [0.1, 0.15) is 11.5 Å². The van der Waals surface area contributed by atoms with Crippen LogP contribution in [-0.2, 0) is 11.2 Å². The molecule has 0 unspecified atom stereocenters. The lowest BCUT2D eigenvalue weighted by Crippen LogP contribution is -2.49. The second-order valence-electron chi connectivity index (χ2n) is 6.85. The Morgan fingerprint density at radius 1 is 0.929 bits per heavy atom. The predicted octanol–water partition coefficient (Wildman–Crippen LogP) is 2.18. The molecule has 2 aromatic rings. The number of methoxy groups -OCH3 is 2. The maximum absolute atomic E-state index is 12.3. The first-order chi connectivity index (χ1) is 13.7. The first-order valence-corrected chi connectivity index (χ1v) is 9.70. The van der Waals surface area contributed by atoms with Gasteiger partial charge in [-0.2, -0.15) is 0 Å². The molecule has 1 fully saturated rings. The third kappa shape index (κ3) is 5.16. The molecule has 6 heteroatoms. The van der Waals surface area contributed by atoms with E-state index in [-0.39, 0.29) is 5.91 Å². The molecule has 1 aliphatic rings. The van der Waals surface area contributed by atoms with Gasteiger partial charge in [-0.3, -0.25) is 9.69 Å². The van der Waals surface area contributed by atoms with Crippen molar-refractivity contribution >= 4 is 11.6 Å². The lowest BCUT2D eigenvalue weighted by Gasteiger charge is -2.36. The molecule has 6 nitrogen and oxygen atoms in total. The van der Waals surface area contributed by atoms with Crippen LogP contribution >= 0.6 is 0 Å². The van der Waals surface area contributed by atoms with Crippen LogP contribution in [0, 0.1) is 0 Å². The molecule has 0 atom stereocenters. The number of nitrogens with zero attached hydrogens (tertiary/aromatic N) is 2. The van der Waals surface area contributed by atoms with Crippen LogP contribution < -0.4 is 19.7 Å². The molecule has 0 aliphatic carbocycles. The van der Waals surface area contributed by atoms with E-state index < -0.39 is 0 Å².